The summed E-state index contributed by atoms with van der Waals surface area (Å²) in [4.78, 5) is 35.6. The van der Waals surface area contributed by atoms with Crippen LogP contribution in [0.2, 0.25) is 10.0 Å². The maximum absolute atomic E-state index is 13.4. The van der Waals surface area contributed by atoms with Gasteiger partial charge in [-0.25, -0.2) is 8.78 Å². The van der Waals surface area contributed by atoms with Gasteiger partial charge in [-0.1, -0.05) is 23.2 Å². The number of halogens is 4. The van der Waals surface area contributed by atoms with E-state index in [4.69, 9.17) is 27.9 Å². The molecule has 172 valence electrons. The Morgan fingerprint density at radius 1 is 0.969 bits per heavy atom. The molecule has 0 spiro atoms. The van der Waals surface area contributed by atoms with Gasteiger partial charge < -0.3 is 20.5 Å². The molecule has 7 nitrogen and oxygen atoms in total. The standard InChI is InChI=1S/C21H20Cl2F2N2O5/c22-15-3-1-12(7-17(15)24)19(29)10-27-20(30)8-13(28)5-6-26-21(31)11-32-14-2-4-16(23)18(25)9-14/h1-4,7,9,13,28H,5-6,8,10-11H2,(H,26,31)(H,27,30)/t13-/m0/s1. The van der Waals surface area contributed by atoms with Gasteiger partial charge in [-0.3, -0.25) is 14.4 Å². The number of nitrogens with one attached hydrogen (secondary N) is 2. The SMILES string of the molecule is O=C(COc1ccc(Cl)c(F)c1)NCC[C@H](O)CC(=O)NCC(=O)c1ccc(Cl)c(F)c1. The van der Waals surface area contributed by atoms with Crippen LogP contribution in [0.3, 0.4) is 0 Å². The summed E-state index contributed by atoms with van der Waals surface area (Å²) in [5.41, 5.74) is 0.0546. The number of rotatable bonds is 11. The molecule has 0 aromatic heterocycles. The lowest BCUT2D eigenvalue weighted by molar-refractivity contribution is -0.123. The molecule has 1 atom stereocenters. The first-order chi connectivity index (χ1) is 15.2. The summed E-state index contributed by atoms with van der Waals surface area (Å²) in [6.45, 7) is -0.675. The minimum Gasteiger partial charge on any atom is -0.484 e. The highest BCUT2D eigenvalue weighted by molar-refractivity contribution is 6.31. The molecule has 0 bridgehead atoms. The van der Waals surface area contributed by atoms with Gasteiger partial charge >= 0.3 is 0 Å². The van der Waals surface area contributed by atoms with Gasteiger partial charge in [-0.2, -0.15) is 0 Å². The third-order valence-corrected chi connectivity index (χ3v) is 4.78. The number of ether oxygens (including phenoxy) is 1. The fourth-order valence-electron chi connectivity index (χ4n) is 2.48. The van der Waals surface area contributed by atoms with Crippen LogP contribution in [0, 0.1) is 11.6 Å². The summed E-state index contributed by atoms with van der Waals surface area (Å²) in [5.74, 6) is -2.89. The van der Waals surface area contributed by atoms with Gasteiger partial charge in [0.15, 0.2) is 12.4 Å². The monoisotopic (exact) mass is 488 g/mol. The van der Waals surface area contributed by atoms with E-state index in [9.17, 15) is 28.3 Å². The summed E-state index contributed by atoms with van der Waals surface area (Å²) in [6.07, 6.45) is -1.28. The fraction of sp³-hybridized carbons (Fsp3) is 0.286. The van der Waals surface area contributed by atoms with Crippen molar-refractivity contribution in [1.29, 1.82) is 0 Å². The Hall–Kier alpha value is -2.75. The van der Waals surface area contributed by atoms with Crippen molar-refractivity contribution in [2.45, 2.75) is 18.9 Å². The second-order valence-corrected chi connectivity index (χ2v) is 7.50. The second-order valence-electron chi connectivity index (χ2n) is 6.69. The Kier molecular flexibility index (Phi) is 9.83. The van der Waals surface area contributed by atoms with Crippen molar-refractivity contribution in [1.82, 2.24) is 10.6 Å². The van der Waals surface area contributed by atoms with Gasteiger partial charge in [-0.05, 0) is 36.8 Å². The van der Waals surface area contributed by atoms with Crippen LogP contribution in [0.15, 0.2) is 36.4 Å². The minimum atomic E-state index is -1.07. The number of hydrogen-bond donors (Lipinski definition) is 3. The Morgan fingerprint density at radius 2 is 1.62 bits per heavy atom. The van der Waals surface area contributed by atoms with Crippen molar-refractivity contribution in [2.75, 3.05) is 19.7 Å². The van der Waals surface area contributed by atoms with Crippen molar-refractivity contribution in [3.05, 3.63) is 63.6 Å². The lowest BCUT2D eigenvalue weighted by atomic mass is 10.1. The van der Waals surface area contributed by atoms with E-state index in [2.05, 4.69) is 10.6 Å². The normalized spacial score (nSPS) is 11.5. The van der Waals surface area contributed by atoms with Gasteiger partial charge in [0.05, 0.1) is 29.1 Å². The Bertz CT molecular complexity index is 991. The van der Waals surface area contributed by atoms with Gasteiger partial charge in [0, 0.05) is 18.2 Å². The Labute approximate surface area is 192 Å². The molecular weight excluding hydrogens is 469 g/mol. The fourth-order valence-corrected chi connectivity index (χ4v) is 2.72. The number of aliphatic hydroxyl groups excluding tert-OH is 1. The first kappa shape index (κ1) is 25.5. The van der Waals surface area contributed by atoms with Crippen molar-refractivity contribution < 1.29 is 33.0 Å². The van der Waals surface area contributed by atoms with Crippen LogP contribution in [0.4, 0.5) is 8.78 Å². The van der Waals surface area contributed by atoms with E-state index < -0.39 is 35.3 Å². The molecule has 0 heterocycles. The van der Waals surface area contributed by atoms with Crippen LogP contribution < -0.4 is 15.4 Å². The van der Waals surface area contributed by atoms with Crippen molar-refractivity contribution in [3.63, 3.8) is 0 Å². The number of amides is 2. The number of ketones is 1. The molecule has 0 fully saturated rings. The predicted octanol–water partition coefficient (Wildman–Crippen LogP) is 2.91. The predicted molar refractivity (Wildman–Crippen MR) is 114 cm³/mol. The molecule has 0 radical (unpaired) electrons. The van der Waals surface area contributed by atoms with Crippen LogP contribution in [0.5, 0.6) is 5.75 Å². The highest BCUT2D eigenvalue weighted by Crippen LogP contribution is 2.20. The van der Waals surface area contributed by atoms with E-state index in [0.717, 1.165) is 12.1 Å². The molecule has 3 N–H and O–H groups in total. The number of carbonyl (C=O) groups is 3. The maximum atomic E-state index is 13.4. The first-order valence-electron chi connectivity index (χ1n) is 9.43. The zero-order valence-electron chi connectivity index (χ0n) is 16.7. The zero-order valence-corrected chi connectivity index (χ0v) is 18.2. The average molecular weight is 489 g/mol. The average Bonchev–Trinajstić information content (AvgIpc) is 2.74. The van der Waals surface area contributed by atoms with Crippen LogP contribution in [0.25, 0.3) is 0 Å². The molecular formula is C21H20Cl2F2N2O5. The van der Waals surface area contributed by atoms with E-state index in [1.165, 1.54) is 24.3 Å². The molecule has 2 aromatic carbocycles. The van der Waals surface area contributed by atoms with Gasteiger partial charge in [0.1, 0.15) is 17.4 Å². The third-order valence-electron chi connectivity index (χ3n) is 4.17. The van der Waals surface area contributed by atoms with Crippen molar-refractivity contribution in [2.24, 2.45) is 0 Å². The summed E-state index contributed by atoms with van der Waals surface area (Å²) < 4.78 is 31.8. The molecule has 0 saturated carbocycles. The van der Waals surface area contributed by atoms with Crippen LogP contribution in [0.1, 0.15) is 23.2 Å². The highest BCUT2D eigenvalue weighted by Gasteiger charge is 2.14. The summed E-state index contributed by atoms with van der Waals surface area (Å²) in [7, 11) is 0. The Balaban J connectivity index is 1.63. The number of benzene rings is 2. The smallest absolute Gasteiger partial charge is 0.257 e. The summed E-state index contributed by atoms with van der Waals surface area (Å²) >= 11 is 11.1. The lowest BCUT2D eigenvalue weighted by Crippen LogP contribution is -2.34. The molecule has 11 heteroatoms. The molecule has 2 amide bonds. The van der Waals surface area contributed by atoms with Crippen molar-refractivity contribution in [3.8, 4) is 5.75 Å². The van der Waals surface area contributed by atoms with Crippen LogP contribution >= 0.6 is 23.2 Å². The first-order valence-corrected chi connectivity index (χ1v) is 10.2. The molecule has 0 saturated heterocycles. The molecule has 0 unspecified atom stereocenters. The van der Waals surface area contributed by atoms with Gasteiger partial charge in [0.25, 0.3) is 5.91 Å². The van der Waals surface area contributed by atoms with Gasteiger partial charge in [0.2, 0.25) is 5.91 Å². The molecule has 0 aliphatic rings. The summed E-state index contributed by atoms with van der Waals surface area (Å²) in [5, 5.41) is 14.5. The second kappa shape index (κ2) is 12.3. The van der Waals surface area contributed by atoms with Crippen molar-refractivity contribution >= 4 is 40.8 Å². The zero-order chi connectivity index (χ0) is 23.7. The van der Waals surface area contributed by atoms with E-state index in [1.54, 1.807) is 0 Å². The minimum absolute atomic E-state index is 0.0546. The number of carbonyl (C=O) groups excluding carboxylic acids is 3. The third kappa shape index (κ3) is 8.41. The van der Waals surface area contributed by atoms with Gasteiger partial charge in [-0.15, -0.1) is 0 Å². The largest absolute Gasteiger partial charge is 0.484 e. The van der Waals surface area contributed by atoms with E-state index in [-0.39, 0.29) is 53.9 Å². The summed E-state index contributed by atoms with van der Waals surface area (Å²) in [6, 6.07) is 7.31. The van der Waals surface area contributed by atoms with E-state index >= 15 is 0 Å². The topological polar surface area (TPSA) is 105 Å². The van der Waals surface area contributed by atoms with E-state index in [1.807, 2.05) is 0 Å². The number of Topliss-reactive ketones (excluding diaryl/α,β-unsaturated/α-hetero) is 1. The van der Waals surface area contributed by atoms with Crippen LogP contribution in [-0.2, 0) is 9.59 Å². The lowest BCUT2D eigenvalue weighted by Gasteiger charge is -2.12. The maximum Gasteiger partial charge on any atom is 0.257 e. The number of hydrogen-bond acceptors (Lipinski definition) is 5. The molecule has 0 aliphatic carbocycles. The molecule has 0 aliphatic heterocycles. The molecule has 32 heavy (non-hydrogen) atoms. The van der Waals surface area contributed by atoms with Crippen LogP contribution in [-0.4, -0.2) is 48.5 Å². The quantitative estimate of drug-likeness (QED) is 0.421. The highest BCUT2D eigenvalue weighted by atomic mass is 35.5. The number of aliphatic hydroxyl groups is 1. The van der Waals surface area contributed by atoms with E-state index in [0.29, 0.717) is 0 Å². The molecule has 2 rings (SSSR count). The Morgan fingerprint density at radius 3 is 2.28 bits per heavy atom. The molecule has 2 aromatic rings.